The average molecular weight is 498 g/mol. The number of methoxy groups -OCH3 is 1. The van der Waals surface area contributed by atoms with Crippen LogP contribution in [0.2, 0.25) is 5.02 Å². The van der Waals surface area contributed by atoms with Crippen LogP contribution in [0.3, 0.4) is 0 Å². The standard InChI is InChI=1S/C20H17ClINO4/c1-27-11-10-23-17(12-4-8-15(22)9-5-12)16(19(25)20(23)26)18(24)13-2-6-14(21)7-3-13/h2-9,17,24H,10-11H2,1H3. The Balaban J connectivity index is 2.14. The second-order valence-electron chi connectivity index (χ2n) is 6.04. The number of amides is 1. The van der Waals surface area contributed by atoms with Crippen LogP contribution in [0.5, 0.6) is 0 Å². The SMILES string of the molecule is COCCN1C(=O)C(=O)C(=C(O)c2ccc(Cl)cc2)C1c1ccc(I)cc1. The number of hydrogen-bond acceptors (Lipinski definition) is 4. The summed E-state index contributed by atoms with van der Waals surface area (Å²) in [7, 11) is 1.53. The third-order valence-electron chi connectivity index (χ3n) is 4.38. The highest BCUT2D eigenvalue weighted by Crippen LogP contribution is 2.39. The van der Waals surface area contributed by atoms with Gasteiger partial charge < -0.3 is 14.7 Å². The fraction of sp³-hybridized carbons (Fsp3) is 0.200. The molecule has 0 aromatic heterocycles. The second-order valence-corrected chi connectivity index (χ2v) is 7.73. The summed E-state index contributed by atoms with van der Waals surface area (Å²) in [4.78, 5) is 26.8. The number of ether oxygens (including phenoxy) is 1. The smallest absolute Gasteiger partial charge is 0.295 e. The zero-order valence-corrected chi connectivity index (χ0v) is 17.4. The van der Waals surface area contributed by atoms with Crippen LogP contribution in [0.4, 0.5) is 0 Å². The molecule has 1 aliphatic heterocycles. The van der Waals surface area contributed by atoms with E-state index in [-0.39, 0.29) is 24.5 Å². The number of hydrogen-bond donors (Lipinski definition) is 1. The molecule has 1 N–H and O–H groups in total. The molecule has 1 amide bonds. The lowest BCUT2D eigenvalue weighted by atomic mass is 9.95. The maximum atomic E-state index is 12.7. The molecule has 0 saturated carbocycles. The largest absolute Gasteiger partial charge is 0.507 e. The van der Waals surface area contributed by atoms with Gasteiger partial charge in [0.25, 0.3) is 11.7 Å². The molecule has 1 fully saturated rings. The maximum absolute atomic E-state index is 12.7. The van der Waals surface area contributed by atoms with E-state index in [2.05, 4.69) is 22.6 Å². The van der Waals surface area contributed by atoms with Gasteiger partial charge in [-0.3, -0.25) is 9.59 Å². The lowest BCUT2D eigenvalue weighted by Crippen LogP contribution is -2.32. The third kappa shape index (κ3) is 4.02. The highest BCUT2D eigenvalue weighted by atomic mass is 127. The van der Waals surface area contributed by atoms with Gasteiger partial charge in [0.2, 0.25) is 0 Å². The van der Waals surface area contributed by atoms with Gasteiger partial charge in [-0.05, 0) is 64.6 Å². The van der Waals surface area contributed by atoms with E-state index in [0.717, 1.165) is 9.13 Å². The fourth-order valence-electron chi connectivity index (χ4n) is 3.06. The molecule has 1 unspecified atom stereocenters. The minimum Gasteiger partial charge on any atom is -0.507 e. The molecular formula is C20H17ClINO4. The number of halogens is 2. The Morgan fingerprint density at radius 3 is 2.37 bits per heavy atom. The molecule has 140 valence electrons. The zero-order valence-electron chi connectivity index (χ0n) is 14.5. The number of likely N-dealkylation sites (tertiary alicyclic amines) is 1. The third-order valence-corrected chi connectivity index (χ3v) is 5.35. The van der Waals surface area contributed by atoms with E-state index >= 15 is 0 Å². The second kappa shape index (κ2) is 8.41. The van der Waals surface area contributed by atoms with Gasteiger partial charge in [-0.25, -0.2) is 0 Å². The van der Waals surface area contributed by atoms with Gasteiger partial charge in [-0.2, -0.15) is 0 Å². The molecular weight excluding hydrogens is 481 g/mol. The molecule has 3 rings (SSSR count). The van der Waals surface area contributed by atoms with Gasteiger partial charge in [0.1, 0.15) is 5.76 Å². The monoisotopic (exact) mass is 497 g/mol. The minimum absolute atomic E-state index is 0.0691. The Kier molecular flexibility index (Phi) is 6.18. The summed E-state index contributed by atoms with van der Waals surface area (Å²) in [5.74, 6) is -1.57. The van der Waals surface area contributed by atoms with E-state index in [1.54, 1.807) is 24.3 Å². The van der Waals surface area contributed by atoms with E-state index in [1.165, 1.54) is 12.0 Å². The number of ketones is 1. The predicted molar refractivity (Wildman–Crippen MR) is 111 cm³/mol. The van der Waals surface area contributed by atoms with Crippen LogP contribution in [0.25, 0.3) is 5.76 Å². The highest BCUT2D eigenvalue weighted by Gasteiger charge is 2.45. The molecule has 5 nitrogen and oxygen atoms in total. The summed E-state index contributed by atoms with van der Waals surface area (Å²) in [6, 6.07) is 13.3. The molecule has 0 spiro atoms. The minimum atomic E-state index is -0.706. The Labute approximate surface area is 175 Å². The van der Waals surface area contributed by atoms with Crippen molar-refractivity contribution in [3.63, 3.8) is 0 Å². The van der Waals surface area contributed by atoms with Gasteiger partial charge >= 0.3 is 0 Å². The van der Waals surface area contributed by atoms with Crippen LogP contribution >= 0.6 is 34.2 Å². The molecule has 1 atom stereocenters. The number of carbonyl (C=O) groups is 2. The molecule has 2 aromatic rings. The summed E-state index contributed by atoms with van der Waals surface area (Å²) >= 11 is 8.09. The quantitative estimate of drug-likeness (QED) is 0.293. The van der Waals surface area contributed by atoms with Crippen molar-refractivity contribution in [3.05, 3.63) is 73.8 Å². The van der Waals surface area contributed by atoms with Crippen LogP contribution in [0.15, 0.2) is 54.1 Å². The average Bonchev–Trinajstić information content (AvgIpc) is 2.91. The van der Waals surface area contributed by atoms with E-state index < -0.39 is 17.7 Å². The van der Waals surface area contributed by atoms with Crippen molar-refractivity contribution in [2.45, 2.75) is 6.04 Å². The molecule has 7 heteroatoms. The Bertz CT molecular complexity index is 893. The normalized spacial score (nSPS) is 18.9. The highest BCUT2D eigenvalue weighted by molar-refractivity contribution is 14.1. The summed E-state index contributed by atoms with van der Waals surface area (Å²) in [5.41, 5.74) is 1.25. The van der Waals surface area contributed by atoms with Gasteiger partial charge in [-0.1, -0.05) is 23.7 Å². The molecule has 2 aromatic carbocycles. The fourth-order valence-corrected chi connectivity index (χ4v) is 3.54. The molecule has 1 saturated heterocycles. The topological polar surface area (TPSA) is 66.8 Å². The number of benzene rings is 2. The van der Waals surface area contributed by atoms with Crippen LogP contribution < -0.4 is 0 Å². The van der Waals surface area contributed by atoms with E-state index in [0.29, 0.717) is 10.6 Å². The molecule has 0 aliphatic carbocycles. The lowest BCUT2D eigenvalue weighted by molar-refractivity contribution is -0.140. The summed E-state index contributed by atoms with van der Waals surface area (Å²) in [6.07, 6.45) is 0. The molecule has 27 heavy (non-hydrogen) atoms. The van der Waals surface area contributed by atoms with Crippen molar-refractivity contribution in [1.29, 1.82) is 0 Å². The maximum Gasteiger partial charge on any atom is 0.295 e. The summed E-state index contributed by atoms with van der Waals surface area (Å²) in [6.45, 7) is 0.532. The van der Waals surface area contributed by atoms with Crippen LogP contribution in [0, 0.1) is 3.57 Å². The van der Waals surface area contributed by atoms with Crippen molar-refractivity contribution < 1.29 is 19.4 Å². The Hall–Kier alpha value is -1.90. The molecule has 1 aliphatic rings. The number of carbonyl (C=O) groups excluding carboxylic acids is 2. The van der Waals surface area contributed by atoms with Crippen molar-refractivity contribution in [2.24, 2.45) is 0 Å². The molecule has 1 heterocycles. The number of aliphatic hydroxyl groups excluding tert-OH is 1. The van der Waals surface area contributed by atoms with Gasteiger partial charge in [0.15, 0.2) is 0 Å². The van der Waals surface area contributed by atoms with Gasteiger partial charge in [0, 0.05) is 27.8 Å². The number of aliphatic hydroxyl groups is 1. The van der Waals surface area contributed by atoms with Crippen LogP contribution in [0.1, 0.15) is 17.2 Å². The van der Waals surface area contributed by atoms with Crippen molar-refractivity contribution in [1.82, 2.24) is 4.90 Å². The first-order chi connectivity index (χ1) is 12.9. The Morgan fingerprint density at radius 1 is 1.15 bits per heavy atom. The van der Waals surface area contributed by atoms with Crippen LogP contribution in [-0.2, 0) is 14.3 Å². The van der Waals surface area contributed by atoms with E-state index in [9.17, 15) is 14.7 Å². The number of Topliss-reactive ketones (excluding diaryl/α,β-unsaturated/α-hetero) is 1. The van der Waals surface area contributed by atoms with Crippen molar-refractivity contribution >= 4 is 51.6 Å². The first-order valence-electron chi connectivity index (χ1n) is 8.22. The number of nitrogens with zero attached hydrogens (tertiary/aromatic N) is 1. The summed E-state index contributed by atoms with van der Waals surface area (Å²) < 4.78 is 6.12. The van der Waals surface area contributed by atoms with E-state index in [4.69, 9.17) is 16.3 Å². The van der Waals surface area contributed by atoms with Crippen molar-refractivity contribution in [3.8, 4) is 0 Å². The zero-order chi connectivity index (χ0) is 19.6. The molecule has 0 radical (unpaired) electrons. The Morgan fingerprint density at radius 2 is 1.78 bits per heavy atom. The van der Waals surface area contributed by atoms with E-state index in [1.807, 2.05) is 24.3 Å². The first-order valence-corrected chi connectivity index (χ1v) is 9.68. The first kappa shape index (κ1) is 19.9. The van der Waals surface area contributed by atoms with Gasteiger partial charge in [0.05, 0.1) is 18.2 Å². The number of rotatable bonds is 5. The predicted octanol–water partition coefficient (Wildman–Crippen LogP) is 4.01. The van der Waals surface area contributed by atoms with Gasteiger partial charge in [-0.15, -0.1) is 0 Å². The molecule has 0 bridgehead atoms. The van der Waals surface area contributed by atoms with Crippen LogP contribution in [-0.4, -0.2) is 42.0 Å². The van der Waals surface area contributed by atoms with Crippen molar-refractivity contribution in [2.75, 3.05) is 20.3 Å². The lowest BCUT2D eigenvalue weighted by Gasteiger charge is -2.25. The summed E-state index contributed by atoms with van der Waals surface area (Å²) in [5, 5.41) is 11.3.